The van der Waals surface area contributed by atoms with Gasteiger partial charge in [-0.2, -0.15) is 5.10 Å². The van der Waals surface area contributed by atoms with E-state index in [0.29, 0.717) is 0 Å². The first kappa shape index (κ1) is 12.1. The molecule has 0 atom stereocenters. The van der Waals surface area contributed by atoms with Crippen molar-refractivity contribution < 1.29 is 0 Å². The normalized spacial score (nSPS) is 10.6. The molecule has 4 heteroatoms. The molecular weight excluding hydrogens is 224 g/mol. The van der Waals surface area contributed by atoms with E-state index < -0.39 is 0 Å². The van der Waals surface area contributed by atoms with E-state index >= 15 is 0 Å². The molecule has 0 spiro atoms. The van der Waals surface area contributed by atoms with Crippen LogP contribution in [0.4, 0.5) is 11.4 Å². The van der Waals surface area contributed by atoms with Crippen LogP contribution in [0.25, 0.3) is 0 Å². The number of hydrogen-bond acceptors (Lipinski definition) is 4. The van der Waals surface area contributed by atoms with Crippen LogP contribution in [0.2, 0.25) is 0 Å². The molecule has 0 bridgehead atoms. The van der Waals surface area contributed by atoms with Crippen molar-refractivity contribution in [2.45, 2.75) is 0 Å². The number of pyridine rings is 1. The van der Waals surface area contributed by atoms with Gasteiger partial charge in [0.1, 0.15) is 0 Å². The third kappa shape index (κ3) is 3.31. The van der Waals surface area contributed by atoms with Crippen molar-refractivity contribution in [3.8, 4) is 0 Å². The molecule has 0 saturated carbocycles. The summed E-state index contributed by atoms with van der Waals surface area (Å²) >= 11 is 0. The van der Waals surface area contributed by atoms with Gasteiger partial charge in [-0.3, -0.25) is 10.4 Å². The zero-order chi connectivity index (χ0) is 12.8. The van der Waals surface area contributed by atoms with Crippen molar-refractivity contribution in [1.29, 1.82) is 0 Å². The summed E-state index contributed by atoms with van der Waals surface area (Å²) in [4.78, 5) is 6.06. The molecule has 0 amide bonds. The van der Waals surface area contributed by atoms with Crippen LogP contribution in [0.3, 0.4) is 0 Å². The molecule has 2 aromatic rings. The summed E-state index contributed by atoms with van der Waals surface area (Å²) in [6.45, 7) is 0. The molecule has 1 heterocycles. The minimum atomic E-state index is 0.874. The summed E-state index contributed by atoms with van der Waals surface area (Å²) in [5.74, 6) is 0. The molecule has 0 aliphatic rings. The lowest BCUT2D eigenvalue weighted by atomic mass is 10.2. The van der Waals surface area contributed by atoms with Crippen LogP contribution in [-0.2, 0) is 0 Å². The number of hydrazone groups is 1. The molecule has 4 nitrogen and oxygen atoms in total. The number of benzene rings is 1. The van der Waals surface area contributed by atoms with E-state index in [1.807, 2.05) is 38.4 Å². The van der Waals surface area contributed by atoms with E-state index in [1.54, 1.807) is 18.6 Å². The molecule has 0 radical (unpaired) electrons. The molecular formula is C14H16N4. The second-order valence-electron chi connectivity index (χ2n) is 4.10. The van der Waals surface area contributed by atoms with Gasteiger partial charge in [-0.05, 0) is 29.8 Å². The predicted octanol–water partition coefficient (Wildman–Crippen LogP) is 2.59. The number of anilines is 2. The van der Waals surface area contributed by atoms with Gasteiger partial charge in [0.15, 0.2) is 0 Å². The first-order valence-corrected chi connectivity index (χ1v) is 5.72. The SMILES string of the molecule is CN(C)c1ccc(/C=N/Nc2cccnc2)cc1. The number of nitrogens with one attached hydrogen (secondary N) is 1. The highest BCUT2D eigenvalue weighted by Gasteiger charge is 1.93. The Morgan fingerprint density at radius 1 is 1.17 bits per heavy atom. The fourth-order valence-corrected chi connectivity index (χ4v) is 1.47. The Kier molecular flexibility index (Phi) is 3.91. The lowest BCUT2D eigenvalue weighted by molar-refractivity contribution is 1.13. The number of rotatable bonds is 4. The monoisotopic (exact) mass is 240 g/mol. The van der Waals surface area contributed by atoms with Gasteiger partial charge in [-0.25, -0.2) is 0 Å². The van der Waals surface area contributed by atoms with Crippen LogP contribution in [0.15, 0.2) is 53.9 Å². The maximum atomic E-state index is 4.16. The molecule has 92 valence electrons. The van der Waals surface area contributed by atoms with Crippen LogP contribution >= 0.6 is 0 Å². The topological polar surface area (TPSA) is 40.5 Å². The van der Waals surface area contributed by atoms with Crippen LogP contribution in [0, 0.1) is 0 Å². The van der Waals surface area contributed by atoms with Gasteiger partial charge in [0.05, 0.1) is 18.1 Å². The maximum Gasteiger partial charge on any atom is 0.0745 e. The lowest BCUT2D eigenvalue weighted by Gasteiger charge is -2.11. The Morgan fingerprint density at radius 2 is 1.94 bits per heavy atom. The third-order valence-electron chi connectivity index (χ3n) is 2.48. The summed E-state index contributed by atoms with van der Waals surface area (Å²) in [7, 11) is 4.04. The molecule has 1 N–H and O–H groups in total. The Hall–Kier alpha value is -2.36. The highest BCUT2D eigenvalue weighted by molar-refractivity contribution is 5.80. The zero-order valence-electron chi connectivity index (χ0n) is 10.5. The largest absolute Gasteiger partial charge is 0.378 e. The van der Waals surface area contributed by atoms with Crippen molar-refractivity contribution >= 4 is 17.6 Å². The van der Waals surface area contributed by atoms with Crippen molar-refractivity contribution in [2.75, 3.05) is 24.4 Å². The van der Waals surface area contributed by atoms with Crippen molar-refractivity contribution in [2.24, 2.45) is 5.10 Å². The predicted molar refractivity (Wildman–Crippen MR) is 76.2 cm³/mol. The van der Waals surface area contributed by atoms with Crippen molar-refractivity contribution in [3.05, 3.63) is 54.4 Å². The molecule has 1 aromatic carbocycles. The molecule has 0 aliphatic carbocycles. The van der Waals surface area contributed by atoms with E-state index in [-0.39, 0.29) is 0 Å². The summed E-state index contributed by atoms with van der Waals surface area (Å²) in [5, 5.41) is 4.16. The van der Waals surface area contributed by atoms with E-state index in [9.17, 15) is 0 Å². The number of nitrogens with zero attached hydrogens (tertiary/aromatic N) is 3. The standard InChI is InChI=1S/C14H16N4/c1-18(2)14-7-5-12(6-8-14)10-16-17-13-4-3-9-15-11-13/h3-11,17H,1-2H3/b16-10+. The van der Waals surface area contributed by atoms with Crippen LogP contribution in [0.5, 0.6) is 0 Å². The lowest BCUT2D eigenvalue weighted by Crippen LogP contribution is -2.08. The van der Waals surface area contributed by atoms with E-state index in [1.165, 1.54) is 5.69 Å². The van der Waals surface area contributed by atoms with E-state index in [0.717, 1.165) is 11.3 Å². The van der Waals surface area contributed by atoms with Crippen molar-refractivity contribution in [1.82, 2.24) is 4.98 Å². The van der Waals surface area contributed by atoms with Crippen LogP contribution < -0.4 is 10.3 Å². The number of aromatic nitrogens is 1. The summed E-state index contributed by atoms with van der Waals surface area (Å²) in [6, 6.07) is 12.0. The first-order valence-electron chi connectivity index (χ1n) is 5.72. The quantitative estimate of drug-likeness (QED) is 0.659. The minimum absolute atomic E-state index is 0.874. The molecule has 18 heavy (non-hydrogen) atoms. The Labute approximate surface area is 107 Å². The van der Waals surface area contributed by atoms with Gasteiger partial charge in [0, 0.05) is 26.0 Å². The van der Waals surface area contributed by atoms with Crippen LogP contribution in [-0.4, -0.2) is 25.3 Å². The fourth-order valence-electron chi connectivity index (χ4n) is 1.47. The third-order valence-corrected chi connectivity index (χ3v) is 2.48. The fraction of sp³-hybridized carbons (Fsp3) is 0.143. The first-order chi connectivity index (χ1) is 8.75. The van der Waals surface area contributed by atoms with Gasteiger partial charge in [0.2, 0.25) is 0 Å². The Bertz CT molecular complexity index is 503. The molecule has 2 rings (SSSR count). The smallest absolute Gasteiger partial charge is 0.0745 e. The molecule has 1 aromatic heterocycles. The van der Waals surface area contributed by atoms with Gasteiger partial charge in [-0.15, -0.1) is 0 Å². The summed E-state index contributed by atoms with van der Waals surface area (Å²) < 4.78 is 0. The molecule has 0 saturated heterocycles. The average Bonchev–Trinajstić information content (AvgIpc) is 2.40. The molecule has 0 fully saturated rings. The summed E-state index contributed by atoms with van der Waals surface area (Å²) in [5.41, 5.74) is 6.03. The van der Waals surface area contributed by atoms with Crippen LogP contribution in [0.1, 0.15) is 5.56 Å². The Balaban J connectivity index is 1.97. The second-order valence-corrected chi connectivity index (χ2v) is 4.10. The van der Waals surface area contributed by atoms with Gasteiger partial charge >= 0.3 is 0 Å². The zero-order valence-corrected chi connectivity index (χ0v) is 10.5. The van der Waals surface area contributed by atoms with E-state index in [4.69, 9.17) is 0 Å². The van der Waals surface area contributed by atoms with Crippen molar-refractivity contribution in [3.63, 3.8) is 0 Å². The summed E-state index contributed by atoms with van der Waals surface area (Å²) in [6.07, 6.45) is 5.24. The van der Waals surface area contributed by atoms with Gasteiger partial charge < -0.3 is 4.90 Å². The highest BCUT2D eigenvalue weighted by atomic mass is 15.3. The van der Waals surface area contributed by atoms with Gasteiger partial charge in [-0.1, -0.05) is 12.1 Å². The minimum Gasteiger partial charge on any atom is -0.378 e. The number of hydrogen-bond donors (Lipinski definition) is 1. The molecule has 0 aliphatic heterocycles. The maximum absolute atomic E-state index is 4.16. The van der Waals surface area contributed by atoms with E-state index in [2.05, 4.69) is 32.5 Å². The average molecular weight is 240 g/mol. The second kappa shape index (κ2) is 5.82. The van der Waals surface area contributed by atoms with Gasteiger partial charge in [0.25, 0.3) is 0 Å². The Morgan fingerprint density at radius 3 is 2.56 bits per heavy atom. The molecule has 0 unspecified atom stereocenters. The highest BCUT2D eigenvalue weighted by Crippen LogP contribution is 2.11.